The quantitative estimate of drug-likeness (QED) is 0.829. The Morgan fingerprint density at radius 1 is 1.44 bits per heavy atom. The maximum atomic E-state index is 11.9. The van der Waals surface area contributed by atoms with E-state index >= 15 is 0 Å². The van der Waals surface area contributed by atoms with Gasteiger partial charge in [-0.3, -0.25) is 4.79 Å². The number of rotatable bonds is 6. The van der Waals surface area contributed by atoms with E-state index in [9.17, 15) is 13.6 Å². The molecule has 0 aliphatic carbocycles. The highest BCUT2D eigenvalue weighted by Crippen LogP contribution is 2.22. The molecule has 0 fully saturated rings. The van der Waals surface area contributed by atoms with E-state index in [-0.39, 0.29) is 6.61 Å². The lowest BCUT2D eigenvalue weighted by atomic mass is 10.3. The summed E-state index contributed by atoms with van der Waals surface area (Å²) in [5.41, 5.74) is 0. The number of nitrogens with one attached hydrogen (secondary N) is 1. The number of hydrogen-bond acceptors (Lipinski definition) is 3. The van der Waals surface area contributed by atoms with Gasteiger partial charge in [0.25, 0.3) is 12.3 Å². The predicted octanol–water partition coefficient (Wildman–Crippen LogP) is 1.46. The summed E-state index contributed by atoms with van der Waals surface area (Å²) in [6, 6.07) is 6.55. The van der Waals surface area contributed by atoms with Gasteiger partial charge in [-0.05, 0) is 12.1 Å². The summed E-state index contributed by atoms with van der Waals surface area (Å²) in [6.07, 6.45) is -4.77. The number of para-hydroxylation sites is 1. The Hall–Kier alpha value is -1.40. The first kappa shape index (κ1) is 14.7. The molecule has 0 aliphatic rings. The smallest absolute Gasteiger partial charge is 0.265 e. The van der Waals surface area contributed by atoms with Gasteiger partial charge in [-0.25, -0.2) is 8.78 Å². The van der Waals surface area contributed by atoms with Crippen LogP contribution in [0.5, 0.6) is 5.75 Å². The van der Waals surface area contributed by atoms with Crippen LogP contribution in [0.2, 0.25) is 5.02 Å². The molecule has 0 saturated carbocycles. The number of aliphatic hydroxyl groups excluding tert-OH is 1. The van der Waals surface area contributed by atoms with Crippen LogP contribution in [0.15, 0.2) is 24.3 Å². The molecule has 1 amide bonds. The summed E-state index contributed by atoms with van der Waals surface area (Å²) in [5, 5.41) is 11.2. The third kappa shape index (κ3) is 4.85. The average molecular weight is 280 g/mol. The first-order valence-electron chi connectivity index (χ1n) is 5.11. The van der Waals surface area contributed by atoms with Crippen molar-refractivity contribution in [3.8, 4) is 5.75 Å². The average Bonchev–Trinajstić information content (AvgIpc) is 2.34. The number of alkyl halides is 2. The fraction of sp³-hybridized carbons (Fsp3) is 0.364. The van der Waals surface area contributed by atoms with Crippen molar-refractivity contribution in [3.63, 3.8) is 0 Å². The summed E-state index contributed by atoms with van der Waals surface area (Å²) in [5.74, 6) is -0.293. The Kier molecular flexibility index (Phi) is 5.80. The molecule has 0 saturated heterocycles. The van der Waals surface area contributed by atoms with Crippen LogP contribution in [0.3, 0.4) is 0 Å². The lowest BCUT2D eigenvalue weighted by molar-refractivity contribution is -0.124. The van der Waals surface area contributed by atoms with Crippen molar-refractivity contribution in [2.45, 2.75) is 12.5 Å². The highest BCUT2D eigenvalue weighted by molar-refractivity contribution is 6.32. The topological polar surface area (TPSA) is 58.6 Å². The summed E-state index contributed by atoms with van der Waals surface area (Å²) in [4.78, 5) is 11.2. The van der Waals surface area contributed by atoms with E-state index in [1.807, 2.05) is 0 Å². The first-order chi connectivity index (χ1) is 8.50. The Morgan fingerprint density at radius 3 is 2.72 bits per heavy atom. The number of aliphatic hydroxyl groups is 1. The summed E-state index contributed by atoms with van der Waals surface area (Å²) in [7, 11) is 0. The number of carbonyl (C=O) groups is 1. The SMILES string of the molecule is O=C(COc1ccccc1Cl)NCC(O)C(F)F. The molecule has 0 spiro atoms. The van der Waals surface area contributed by atoms with Crippen LogP contribution in [0.1, 0.15) is 0 Å². The standard InChI is InChI=1S/C11H12ClF2NO3/c12-7-3-1-2-4-9(7)18-6-10(17)15-5-8(16)11(13)14/h1-4,8,11,16H,5-6H2,(H,15,17). The molecular weight excluding hydrogens is 268 g/mol. The number of benzene rings is 1. The van der Waals surface area contributed by atoms with Gasteiger partial charge in [0.2, 0.25) is 0 Å². The second-order valence-electron chi connectivity index (χ2n) is 3.42. The van der Waals surface area contributed by atoms with Gasteiger partial charge in [-0.1, -0.05) is 23.7 Å². The van der Waals surface area contributed by atoms with E-state index in [1.54, 1.807) is 24.3 Å². The minimum atomic E-state index is -2.89. The van der Waals surface area contributed by atoms with Gasteiger partial charge in [-0.15, -0.1) is 0 Å². The van der Waals surface area contributed by atoms with Crippen molar-refractivity contribution in [2.24, 2.45) is 0 Å². The summed E-state index contributed by atoms with van der Waals surface area (Å²) < 4.78 is 28.9. The number of halogens is 3. The van der Waals surface area contributed by atoms with Crippen LogP contribution >= 0.6 is 11.6 Å². The summed E-state index contributed by atoms with van der Waals surface area (Å²) in [6.45, 7) is -0.887. The molecule has 18 heavy (non-hydrogen) atoms. The molecule has 0 aromatic heterocycles. The number of ether oxygens (including phenoxy) is 1. The van der Waals surface area contributed by atoms with Crippen molar-refractivity contribution in [1.82, 2.24) is 5.32 Å². The van der Waals surface area contributed by atoms with Crippen molar-refractivity contribution < 1.29 is 23.4 Å². The zero-order valence-corrected chi connectivity index (χ0v) is 10.0. The molecule has 0 radical (unpaired) electrons. The van der Waals surface area contributed by atoms with Crippen molar-refractivity contribution in [2.75, 3.05) is 13.2 Å². The van der Waals surface area contributed by atoms with Crippen molar-refractivity contribution in [1.29, 1.82) is 0 Å². The molecule has 0 heterocycles. The van der Waals surface area contributed by atoms with E-state index in [2.05, 4.69) is 5.32 Å². The molecule has 1 rings (SSSR count). The Morgan fingerprint density at radius 2 is 2.11 bits per heavy atom. The molecule has 100 valence electrons. The van der Waals surface area contributed by atoms with Crippen LogP contribution in [-0.2, 0) is 4.79 Å². The van der Waals surface area contributed by atoms with E-state index < -0.39 is 25.0 Å². The molecule has 1 atom stereocenters. The number of amides is 1. The largest absolute Gasteiger partial charge is 0.482 e. The zero-order chi connectivity index (χ0) is 13.5. The second kappa shape index (κ2) is 7.13. The van der Waals surface area contributed by atoms with Crippen LogP contribution in [0.25, 0.3) is 0 Å². The van der Waals surface area contributed by atoms with Crippen LogP contribution in [0, 0.1) is 0 Å². The monoisotopic (exact) mass is 279 g/mol. The van der Waals surface area contributed by atoms with Gasteiger partial charge in [0.05, 0.1) is 5.02 Å². The molecule has 1 aromatic carbocycles. The third-order valence-corrected chi connectivity index (χ3v) is 2.31. The minimum absolute atomic E-state index is 0.323. The molecule has 0 aliphatic heterocycles. The molecule has 7 heteroatoms. The Balaban J connectivity index is 2.32. The molecule has 1 aromatic rings. The van der Waals surface area contributed by atoms with Gasteiger partial charge in [0, 0.05) is 6.54 Å². The third-order valence-electron chi connectivity index (χ3n) is 1.99. The molecule has 0 bridgehead atoms. The highest BCUT2D eigenvalue weighted by atomic mass is 35.5. The lowest BCUT2D eigenvalue weighted by Crippen LogP contribution is -2.38. The summed E-state index contributed by atoms with van der Waals surface area (Å²) >= 11 is 5.78. The predicted molar refractivity (Wildman–Crippen MR) is 62.0 cm³/mol. The lowest BCUT2D eigenvalue weighted by Gasteiger charge is -2.11. The fourth-order valence-corrected chi connectivity index (χ4v) is 1.25. The second-order valence-corrected chi connectivity index (χ2v) is 3.83. The van der Waals surface area contributed by atoms with Gasteiger partial charge in [0.15, 0.2) is 6.61 Å². The van der Waals surface area contributed by atoms with Crippen LogP contribution in [-0.4, -0.2) is 36.7 Å². The van der Waals surface area contributed by atoms with Crippen LogP contribution < -0.4 is 10.1 Å². The first-order valence-corrected chi connectivity index (χ1v) is 5.48. The molecular formula is C11H12ClF2NO3. The highest BCUT2D eigenvalue weighted by Gasteiger charge is 2.17. The Bertz CT molecular complexity index is 404. The van der Waals surface area contributed by atoms with Crippen molar-refractivity contribution >= 4 is 17.5 Å². The maximum absolute atomic E-state index is 11.9. The minimum Gasteiger partial charge on any atom is -0.482 e. The number of carbonyl (C=O) groups excluding carboxylic acids is 1. The van der Waals surface area contributed by atoms with Gasteiger partial charge in [-0.2, -0.15) is 0 Å². The Labute approximate surface area is 108 Å². The molecule has 4 nitrogen and oxygen atoms in total. The van der Waals surface area contributed by atoms with Crippen molar-refractivity contribution in [3.05, 3.63) is 29.3 Å². The normalized spacial score (nSPS) is 12.3. The van der Waals surface area contributed by atoms with Gasteiger partial charge >= 0.3 is 0 Å². The molecule has 2 N–H and O–H groups in total. The fourth-order valence-electron chi connectivity index (χ4n) is 1.06. The van der Waals surface area contributed by atoms with E-state index in [0.717, 1.165) is 0 Å². The van der Waals surface area contributed by atoms with Crippen LogP contribution in [0.4, 0.5) is 8.78 Å². The van der Waals surface area contributed by atoms with E-state index in [1.165, 1.54) is 0 Å². The molecule has 1 unspecified atom stereocenters. The van der Waals surface area contributed by atoms with E-state index in [4.69, 9.17) is 21.4 Å². The number of hydrogen-bond donors (Lipinski definition) is 2. The maximum Gasteiger partial charge on any atom is 0.265 e. The zero-order valence-electron chi connectivity index (χ0n) is 9.28. The van der Waals surface area contributed by atoms with E-state index in [0.29, 0.717) is 10.8 Å². The van der Waals surface area contributed by atoms with Gasteiger partial charge < -0.3 is 15.2 Å². The van der Waals surface area contributed by atoms with Gasteiger partial charge in [0.1, 0.15) is 11.9 Å².